The molecule has 0 saturated heterocycles. The number of aliphatic hydroxyl groups excluding tert-OH is 1. The first-order valence-electron chi connectivity index (χ1n) is 38.8. The second kappa shape index (κ2) is 64.4. The SMILES string of the molecule is CCC(C)CCCCCCCCCCCCC(=O)OC[C@H](COP(=O)(O)OC[C@@H](O)COP(=O)(O)OC[C@@H](COC(=O)CCCCCCCCC(C)CC)OC(=O)CCCCCCCCCCC(C)C)OC(=O)CCCCCCCCCCCCCCCCCCC(C)C. The lowest BCUT2D eigenvalue weighted by Gasteiger charge is -2.21. The van der Waals surface area contributed by atoms with Crippen LogP contribution >= 0.6 is 15.6 Å². The molecule has 0 bridgehead atoms. The van der Waals surface area contributed by atoms with Crippen LogP contribution in [0.15, 0.2) is 0 Å². The Kier molecular flexibility index (Phi) is 63.1. The van der Waals surface area contributed by atoms with E-state index in [0.717, 1.165) is 120 Å². The number of phosphoric ester groups is 2. The van der Waals surface area contributed by atoms with Crippen LogP contribution in [-0.4, -0.2) is 96.7 Å². The molecule has 0 spiro atoms. The van der Waals surface area contributed by atoms with Gasteiger partial charge in [-0.25, -0.2) is 9.13 Å². The number of unbranched alkanes of at least 4 members (excludes halogenated alkanes) is 36. The van der Waals surface area contributed by atoms with Gasteiger partial charge in [0.1, 0.15) is 19.3 Å². The fourth-order valence-electron chi connectivity index (χ4n) is 11.3. The number of carbonyl (C=O) groups excluding carboxylic acids is 4. The Morgan fingerprint density at radius 1 is 0.298 bits per heavy atom. The van der Waals surface area contributed by atoms with E-state index in [1.807, 2.05) is 0 Å². The summed E-state index contributed by atoms with van der Waals surface area (Å²) in [5, 5.41) is 10.6. The molecule has 17 nitrogen and oxygen atoms in total. The van der Waals surface area contributed by atoms with Crippen molar-refractivity contribution in [2.75, 3.05) is 39.6 Å². The Balaban J connectivity index is 5.24. The molecule has 0 aromatic carbocycles. The maximum atomic E-state index is 13.1. The van der Waals surface area contributed by atoms with Crippen molar-refractivity contribution in [2.45, 2.75) is 395 Å². The number of aliphatic hydroxyl groups is 1. The summed E-state index contributed by atoms with van der Waals surface area (Å²) in [7, 11) is -9.91. The normalized spacial score (nSPS) is 14.7. The number of hydrogen-bond donors (Lipinski definition) is 3. The first kappa shape index (κ1) is 92.1. The van der Waals surface area contributed by atoms with E-state index < -0.39 is 97.5 Å². The largest absolute Gasteiger partial charge is 0.472 e. The van der Waals surface area contributed by atoms with Crippen LogP contribution in [0.1, 0.15) is 376 Å². The molecule has 0 aromatic rings. The van der Waals surface area contributed by atoms with Gasteiger partial charge in [-0.2, -0.15) is 0 Å². The Morgan fingerprint density at radius 2 is 0.511 bits per heavy atom. The Bertz CT molecular complexity index is 1850. The summed E-state index contributed by atoms with van der Waals surface area (Å²) in [6.07, 6.45) is 48.6. The zero-order valence-electron chi connectivity index (χ0n) is 61.6. The van der Waals surface area contributed by atoms with Crippen LogP contribution in [0.4, 0.5) is 0 Å². The first-order valence-corrected chi connectivity index (χ1v) is 41.8. The van der Waals surface area contributed by atoms with Gasteiger partial charge in [0.15, 0.2) is 12.2 Å². The summed E-state index contributed by atoms with van der Waals surface area (Å²) in [6.45, 7) is 14.2. The zero-order valence-corrected chi connectivity index (χ0v) is 63.4. The van der Waals surface area contributed by atoms with Gasteiger partial charge in [-0.3, -0.25) is 37.3 Å². The van der Waals surface area contributed by atoms with Crippen molar-refractivity contribution in [1.82, 2.24) is 0 Å². The second-order valence-electron chi connectivity index (χ2n) is 28.5. The number of esters is 4. The predicted molar refractivity (Wildman–Crippen MR) is 381 cm³/mol. The van der Waals surface area contributed by atoms with Crippen molar-refractivity contribution in [3.63, 3.8) is 0 Å². The predicted octanol–water partition coefficient (Wildman–Crippen LogP) is 21.7. The number of hydrogen-bond acceptors (Lipinski definition) is 15. The molecule has 94 heavy (non-hydrogen) atoms. The molecule has 3 N–H and O–H groups in total. The van der Waals surface area contributed by atoms with Crippen molar-refractivity contribution < 1.29 is 80.2 Å². The quantitative estimate of drug-likeness (QED) is 0.0222. The molecule has 0 heterocycles. The molecule has 0 aromatic heterocycles. The van der Waals surface area contributed by atoms with E-state index in [9.17, 15) is 43.2 Å². The molecule has 0 saturated carbocycles. The minimum Gasteiger partial charge on any atom is -0.462 e. The van der Waals surface area contributed by atoms with Crippen molar-refractivity contribution in [1.29, 1.82) is 0 Å². The van der Waals surface area contributed by atoms with Crippen LogP contribution in [0, 0.1) is 23.7 Å². The molecular weight excluding hydrogens is 1230 g/mol. The van der Waals surface area contributed by atoms with E-state index in [1.165, 1.54) is 173 Å². The summed E-state index contributed by atoms with van der Waals surface area (Å²) in [5.41, 5.74) is 0. The topological polar surface area (TPSA) is 237 Å². The highest BCUT2D eigenvalue weighted by Gasteiger charge is 2.30. The number of carbonyl (C=O) groups is 4. The Labute approximate surface area is 575 Å². The van der Waals surface area contributed by atoms with Crippen LogP contribution in [0.2, 0.25) is 0 Å². The standard InChI is InChI=1S/C75H146O17P2/c1-9-67(7)53-45-37-29-22-19-20-23-30-39-47-55-72(77)85-61-70(91-74(79)57-49-41-31-24-18-16-14-12-11-13-15-17-21-27-35-43-51-65(3)4)63-89-93(81,82)87-59-69(76)60-88-94(83,84)90-64-71(62-86-73(78)56-48-40-34-33-38-46-54-68(8)10-2)92-75(80)58-50-42-32-26-25-28-36-44-52-66(5)6/h65-71,76H,9-64H2,1-8H3,(H,81,82)(H,83,84)/t67?,68?,69-,70-,71-/m1/s1. The van der Waals surface area contributed by atoms with Gasteiger partial charge in [0.05, 0.1) is 26.4 Å². The van der Waals surface area contributed by atoms with Crippen LogP contribution < -0.4 is 0 Å². The lowest BCUT2D eigenvalue weighted by Crippen LogP contribution is -2.30. The number of rotatable bonds is 72. The minimum absolute atomic E-state index is 0.103. The van der Waals surface area contributed by atoms with Crippen molar-refractivity contribution in [2.24, 2.45) is 23.7 Å². The highest BCUT2D eigenvalue weighted by molar-refractivity contribution is 7.47. The number of phosphoric acid groups is 2. The van der Waals surface area contributed by atoms with Gasteiger partial charge in [0.2, 0.25) is 0 Å². The first-order chi connectivity index (χ1) is 45.2. The molecule has 0 rings (SSSR count). The van der Waals surface area contributed by atoms with Gasteiger partial charge in [-0.15, -0.1) is 0 Å². The van der Waals surface area contributed by atoms with E-state index in [0.29, 0.717) is 25.7 Å². The number of ether oxygens (including phenoxy) is 4. The fraction of sp³-hybridized carbons (Fsp3) is 0.947. The lowest BCUT2D eigenvalue weighted by atomic mass is 9.99. The molecule has 0 aliphatic rings. The van der Waals surface area contributed by atoms with Gasteiger partial charge in [0.25, 0.3) is 0 Å². The van der Waals surface area contributed by atoms with E-state index in [4.69, 9.17) is 37.0 Å². The van der Waals surface area contributed by atoms with Gasteiger partial charge >= 0.3 is 39.5 Å². The van der Waals surface area contributed by atoms with E-state index in [2.05, 4.69) is 55.4 Å². The Morgan fingerprint density at radius 3 is 0.755 bits per heavy atom. The molecule has 0 amide bonds. The third-order valence-electron chi connectivity index (χ3n) is 18.0. The lowest BCUT2D eigenvalue weighted by molar-refractivity contribution is -0.161. The van der Waals surface area contributed by atoms with Crippen molar-refractivity contribution in [3.05, 3.63) is 0 Å². The molecule has 558 valence electrons. The summed E-state index contributed by atoms with van der Waals surface area (Å²) in [5.74, 6) is 0.943. The van der Waals surface area contributed by atoms with Gasteiger partial charge in [-0.05, 0) is 49.4 Å². The van der Waals surface area contributed by atoms with Gasteiger partial charge in [0, 0.05) is 25.7 Å². The summed E-state index contributed by atoms with van der Waals surface area (Å²) < 4.78 is 68.5. The third kappa shape index (κ3) is 66.0. The molecule has 7 atom stereocenters. The van der Waals surface area contributed by atoms with Crippen molar-refractivity contribution >= 4 is 39.5 Å². The monoisotopic (exact) mass is 1380 g/mol. The van der Waals surface area contributed by atoms with E-state index in [1.54, 1.807) is 0 Å². The van der Waals surface area contributed by atoms with Crippen LogP contribution in [0.5, 0.6) is 0 Å². The third-order valence-corrected chi connectivity index (χ3v) is 19.9. The fourth-order valence-corrected chi connectivity index (χ4v) is 12.9. The molecule has 4 unspecified atom stereocenters. The van der Waals surface area contributed by atoms with Crippen molar-refractivity contribution in [3.8, 4) is 0 Å². The summed E-state index contributed by atoms with van der Waals surface area (Å²) in [6, 6.07) is 0. The van der Waals surface area contributed by atoms with Gasteiger partial charge in [-0.1, -0.05) is 325 Å². The second-order valence-corrected chi connectivity index (χ2v) is 31.4. The zero-order chi connectivity index (χ0) is 69.6. The molecule has 19 heteroatoms. The molecule has 0 aliphatic heterocycles. The Hall–Kier alpha value is -1.94. The minimum atomic E-state index is -4.96. The molecule has 0 fully saturated rings. The molecule has 0 aliphatic carbocycles. The van der Waals surface area contributed by atoms with Crippen LogP contribution in [-0.2, 0) is 65.4 Å². The highest BCUT2D eigenvalue weighted by atomic mass is 31.2. The molecular formula is C75H146O17P2. The van der Waals surface area contributed by atoms with Crippen LogP contribution in [0.3, 0.4) is 0 Å². The van der Waals surface area contributed by atoms with E-state index in [-0.39, 0.29) is 25.7 Å². The maximum Gasteiger partial charge on any atom is 0.472 e. The highest BCUT2D eigenvalue weighted by Crippen LogP contribution is 2.45. The average Bonchev–Trinajstić information content (AvgIpc) is 1.26. The summed E-state index contributed by atoms with van der Waals surface area (Å²) >= 11 is 0. The van der Waals surface area contributed by atoms with Crippen LogP contribution in [0.25, 0.3) is 0 Å². The van der Waals surface area contributed by atoms with Gasteiger partial charge < -0.3 is 33.8 Å². The average molecular weight is 1380 g/mol. The summed E-state index contributed by atoms with van der Waals surface area (Å²) in [4.78, 5) is 72.7. The molecule has 0 radical (unpaired) electrons. The van der Waals surface area contributed by atoms with E-state index >= 15 is 0 Å². The smallest absolute Gasteiger partial charge is 0.462 e. The maximum absolute atomic E-state index is 13.1.